The first-order valence-corrected chi connectivity index (χ1v) is 14.3. The molecule has 2 N–H and O–H groups in total. The molecule has 0 aromatic heterocycles. The topological polar surface area (TPSA) is 57.5 Å². The Hall–Kier alpha value is -0.660. The molecule has 4 heteroatoms. The third-order valence-electron chi connectivity index (χ3n) is 8.26. The third kappa shape index (κ3) is 11.5. The Balaban J connectivity index is 2.27. The molecule has 1 rings (SSSR count). The van der Waals surface area contributed by atoms with Crippen molar-refractivity contribution in [2.75, 3.05) is 0 Å². The normalized spacial score (nSPS) is 26.5. The summed E-state index contributed by atoms with van der Waals surface area (Å²) in [6.45, 7) is 13.1. The van der Waals surface area contributed by atoms with Crippen LogP contribution >= 0.6 is 9.24 Å². The summed E-state index contributed by atoms with van der Waals surface area (Å²) >= 11 is 0. The highest BCUT2D eigenvalue weighted by Crippen LogP contribution is 2.37. The van der Waals surface area contributed by atoms with Crippen LogP contribution in [0.5, 0.6) is 0 Å². The summed E-state index contributed by atoms with van der Waals surface area (Å²) in [6, 6.07) is 0. The molecular weight excluding hydrogens is 427 g/mol. The number of rotatable bonds is 16. The van der Waals surface area contributed by atoms with Crippen molar-refractivity contribution < 1.29 is 15.0 Å². The van der Waals surface area contributed by atoms with Gasteiger partial charge in [-0.2, -0.15) is 0 Å². The summed E-state index contributed by atoms with van der Waals surface area (Å²) in [5.74, 6) is 1.42. The molecule has 0 saturated carbocycles. The molecule has 0 bridgehead atoms. The first-order chi connectivity index (χ1) is 15.6. The molecule has 0 fully saturated rings. The molecular formula is C29H53O3P. The zero-order valence-corrected chi connectivity index (χ0v) is 23.5. The molecule has 1 aliphatic carbocycles. The van der Waals surface area contributed by atoms with Gasteiger partial charge in [-0.15, -0.1) is 9.24 Å². The minimum atomic E-state index is -0.672. The highest BCUT2D eigenvalue weighted by atomic mass is 31.0. The minimum Gasteiger partial charge on any atom is -0.481 e. The molecule has 0 heterocycles. The number of carboxylic acids is 1. The number of aliphatic carboxylic acids is 1. The largest absolute Gasteiger partial charge is 0.481 e. The molecule has 0 amide bonds. The molecule has 0 spiro atoms. The van der Waals surface area contributed by atoms with Gasteiger partial charge in [0.2, 0.25) is 0 Å². The van der Waals surface area contributed by atoms with E-state index < -0.39 is 5.97 Å². The second-order valence-electron chi connectivity index (χ2n) is 11.1. The van der Waals surface area contributed by atoms with Crippen molar-refractivity contribution in [3.05, 3.63) is 23.3 Å². The van der Waals surface area contributed by atoms with Crippen molar-refractivity contribution in [2.45, 2.75) is 124 Å². The predicted molar refractivity (Wildman–Crippen MR) is 146 cm³/mol. The highest BCUT2D eigenvalue weighted by molar-refractivity contribution is 7.18. The summed E-state index contributed by atoms with van der Waals surface area (Å²) in [6.07, 6.45) is 16.9. The van der Waals surface area contributed by atoms with E-state index in [-0.39, 0.29) is 12.0 Å². The second-order valence-corrected chi connectivity index (χ2v) is 11.8. The lowest BCUT2D eigenvalue weighted by Gasteiger charge is -2.36. The number of allylic oxidation sites excluding steroid dienone is 3. The standard InChI is InChI=1S/C29H53O3P/c1-7-25(17-18-26-19-27(30)23(5)24(6)28(26)33)16-10-14-21(3)12-8-11-20(2)13-9-15-22(4)29(31)32/h12,19-20,22-25,27-28,30H,7-11,13-18,33H2,1-6H3,(H,31,32)/b21-12+. The smallest absolute Gasteiger partial charge is 0.306 e. The lowest BCUT2D eigenvalue weighted by atomic mass is 9.77. The van der Waals surface area contributed by atoms with Crippen molar-refractivity contribution in [1.82, 2.24) is 0 Å². The number of hydrogen-bond donors (Lipinski definition) is 2. The zero-order chi connectivity index (χ0) is 25.0. The number of carboxylic acid groups (broad SMARTS) is 1. The van der Waals surface area contributed by atoms with Gasteiger partial charge in [-0.1, -0.05) is 83.6 Å². The Labute approximate surface area is 207 Å². The van der Waals surface area contributed by atoms with Crippen LogP contribution in [-0.4, -0.2) is 27.9 Å². The van der Waals surface area contributed by atoms with E-state index in [1.165, 1.54) is 49.7 Å². The van der Waals surface area contributed by atoms with Gasteiger partial charge >= 0.3 is 5.97 Å². The predicted octanol–water partition coefficient (Wildman–Crippen LogP) is 8.03. The molecule has 8 atom stereocenters. The van der Waals surface area contributed by atoms with Crippen LogP contribution in [0.15, 0.2) is 23.3 Å². The molecule has 8 unspecified atom stereocenters. The van der Waals surface area contributed by atoms with Crippen LogP contribution < -0.4 is 0 Å². The maximum Gasteiger partial charge on any atom is 0.306 e. The maximum atomic E-state index is 10.9. The lowest BCUT2D eigenvalue weighted by molar-refractivity contribution is -0.141. The van der Waals surface area contributed by atoms with Crippen LogP contribution in [0.1, 0.15) is 112 Å². The van der Waals surface area contributed by atoms with Gasteiger partial charge in [0.25, 0.3) is 0 Å². The van der Waals surface area contributed by atoms with E-state index in [0.717, 1.165) is 38.0 Å². The quantitative estimate of drug-likeness (QED) is 0.174. The van der Waals surface area contributed by atoms with Gasteiger partial charge in [0.05, 0.1) is 12.0 Å². The fourth-order valence-electron chi connectivity index (χ4n) is 5.06. The first kappa shape index (κ1) is 30.4. The van der Waals surface area contributed by atoms with Crippen LogP contribution in [0.2, 0.25) is 0 Å². The van der Waals surface area contributed by atoms with Crippen molar-refractivity contribution >= 4 is 15.2 Å². The molecule has 192 valence electrons. The molecule has 0 aliphatic heterocycles. The first-order valence-electron chi connectivity index (χ1n) is 13.6. The molecule has 0 aromatic carbocycles. The fraction of sp³-hybridized carbons (Fsp3) is 0.828. The van der Waals surface area contributed by atoms with Gasteiger partial charge in [0.1, 0.15) is 0 Å². The maximum absolute atomic E-state index is 10.9. The summed E-state index contributed by atoms with van der Waals surface area (Å²) < 4.78 is 0. The average Bonchev–Trinajstić information content (AvgIpc) is 2.77. The average molecular weight is 481 g/mol. The molecule has 0 radical (unpaired) electrons. The van der Waals surface area contributed by atoms with Gasteiger partial charge in [-0.25, -0.2) is 0 Å². The molecule has 0 aromatic rings. The second kappa shape index (κ2) is 16.1. The molecule has 1 aliphatic rings. The van der Waals surface area contributed by atoms with E-state index in [0.29, 0.717) is 23.4 Å². The van der Waals surface area contributed by atoms with Crippen LogP contribution in [0.3, 0.4) is 0 Å². The van der Waals surface area contributed by atoms with Gasteiger partial charge in [0.15, 0.2) is 0 Å². The van der Waals surface area contributed by atoms with Crippen molar-refractivity contribution in [3.8, 4) is 0 Å². The van der Waals surface area contributed by atoms with Crippen molar-refractivity contribution in [1.29, 1.82) is 0 Å². The Kier molecular flexibility index (Phi) is 14.8. The van der Waals surface area contributed by atoms with E-state index in [1.54, 1.807) is 6.92 Å². The van der Waals surface area contributed by atoms with Crippen LogP contribution in [-0.2, 0) is 4.79 Å². The zero-order valence-electron chi connectivity index (χ0n) is 22.4. The SMILES string of the molecule is CCC(CCC/C(C)=C/CCC(C)CCCC(C)C(=O)O)CCC1=CC(O)C(C)C(C)C1P. The monoisotopic (exact) mass is 480 g/mol. The van der Waals surface area contributed by atoms with Gasteiger partial charge in [-0.05, 0) is 81.2 Å². The molecule has 33 heavy (non-hydrogen) atoms. The van der Waals surface area contributed by atoms with E-state index in [2.05, 4.69) is 56.0 Å². The summed E-state index contributed by atoms with van der Waals surface area (Å²) in [5, 5.41) is 19.3. The summed E-state index contributed by atoms with van der Waals surface area (Å²) in [4.78, 5) is 10.9. The van der Waals surface area contributed by atoms with Crippen molar-refractivity contribution in [3.63, 3.8) is 0 Å². The Morgan fingerprint density at radius 1 is 1.09 bits per heavy atom. The Bertz CT molecular complexity index is 626. The summed E-state index contributed by atoms with van der Waals surface area (Å²) in [7, 11) is 3.02. The number of hydrogen-bond acceptors (Lipinski definition) is 2. The van der Waals surface area contributed by atoms with Crippen LogP contribution in [0, 0.1) is 29.6 Å². The van der Waals surface area contributed by atoms with Gasteiger partial charge in [0, 0.05) is 0 Å². The van der Waals surface area contributed by atoms with Gasteiger partial charge in [-0.3, -0.25) is 4.79 Å². The summed E-state index contributed by atoms with van der Waals surface area (Å²) in [5.41, 5.74) is 3.47. The molecule has 3 nitrogen and oxygen atoms in total. The van der Waals surface area contributed by atoms with E-state index >= 15 is 0 Å². The molecule has 0 saturated heterocycles. The number of carbonyl (C=O) groups is 1. The third-order valence-corrected chi connectivity index (χ3v) is 9.29. The van der Waals surface area contributed by atoms with Gasteiger partial charge < -0.3 is 10.2 Å². The van der Waals surface area contributed by atoms with E-state index in [1.807, 2.05) is 0 Å². The lowest BCUT2D eigenvalue weighted by Crippen LogP contribution is -2.34. The Morgan fingerprint density at radius 2 is 1.79 bits per heavy atom. The fourth-order valence-corrected chi connectivity index (χ4v) is 5.69. The van der Waals surface area contributed by atoms with Crippen molar-refractivity contribution in [2.24, 2.45) is 29.6 Å². The number of aliphatic hydroxyl groups is 1. The minimum absolute atomic E-state index is 0.216. The highest BCUT2D eigenvalue weighted by Gasteiger charge is 2.31. The van der Waals surface area contributed by atoms with E-state index in [4.69, 9.17) is 5.11 Å². The van der Waals surface area contributed by atoms with Crippen LogP contribution in [0.4, 0.5) is 0 Å². The van der Waals surface area contributed by atoms with E-state index in [9.17, 15) is 9.90 Å². The number of aliphatic hydroxyl groups excluding tert-OH is 1. The van der Waals surface area contributed by atoms with Crippen LogP contribution in [0.25, 0.3) is 0 Å². The Morgan fingerprint density at radius 3 is 2.42 bits per heavy atom.